The molecule has 1 aliphatic heterocycles. The lowest BCUT2D eigenvalue weighted by atomic mass is 9.94. The summed E-state index contributed by atoms with van der Waals surface area (Å²) in [5.41, 5.74) is 1.62. The van der Waals surface area contributed by atoms with Gasteiger partial charge in [-0.25, -0.2) is 4.79 Å². The van der Waals surface area contributed by atoms with Crippen LogP contribution in [-0.4, -0.2) is 35.3 Å². The van der Waals surface area contributed by atoms with E-state index >= 15 is 0 Å². The quantitative estimate of drug-likeness (QED) is 0.370. The predicted molar refractivity (Wildman–Crippen MR) is 85.0 cm³/mol. The van der Waals surface area contributed by atoms with E-state index in [1.807, 2.05) is 11.8 Å². The first-order valence-electron chi connectivity index (χ1n) is 8.03. The van der Waals surface area contributed by atoms with Gasteiger partial charge in [-0.15, -0.1) is 0 Å². The van der Waals surface area contributed by atoms with Gasteiger partial charge in [-0.05, 0) is 25.2 Å². The summed E-state index contributed by atoms with van der Waals surface area (Å²) in [6, 6.07) is -0.289. The zero-order valence-corrected chi connectivity index (χ0v) is 13.4. The van der Waals surface area contributed by atoms with E-state index in [4.69, 9.17) is 5.11 Å². The molecular formula is C15H20N4O5. The minimum Gasteiger partial charge on any atom is -0.618 e. The molecule has 9 heteroatoms. The number of rotatable bonds is 3. The van der Waals surface area contributed by atoms with Crippen LogP contribution in [0.4, 0.5) is 16.2 Å². The molecule has 130 valence electrons. The van der Waals surface area contributed by atoms with E-state index in [1.54, 1.807) is 0 Å². The Morgan fingerprint density at radius 2 is 2.21 bits per heavy atom. The Morgan fingerprint density at radius 1 is 1.46 bits per heavy atom. The first-order valence-corrected chi connectivity index (χ1v) is 8.03. The van der Waals surface area contributed by atoms with Crippen molar-refractivity contribution >= 4 is 17.5 Å². The maximum absolute atomic E-state index is 12.0. The number of carbonyl (C=O) groups is 1. The van der Waals surface area contributed by atoms with Gasteiger partial charge < -0.3 is 20.5 Å². The molecule has 1 amide bonds. The van der Waals surface area contributed by atoms with Gasteiger partial charge in [0, 0.05) is 25.6 Å². The number of anilines is 1. The summed E-state index contributed by atoms with van der Waals surface area (Å²) in [6.45, 7) is 2.96. The van der Waals surface area contributed by atoms with Gasteiger partial charge in [0.05, 0.1) is 10.5 Å². The summed E-state index contributed by atoms with van der Waals surface area (Å²) >= 11 is 0. The Hall–Kier alpha value is -2.58. The third-order valence-corrected chi connectivity index (χ3v) is 4.72. The standard InChI is InChI=1S/C15H20N4O5/c1-9-5-10(16-15(20)21)7-17(6-9)14-11-3-2-4-12(11)18(22)8-13(14)19(23)24/h8-10,16H,2-7H2,1H3,(H,20,21)/t9-,10+/m1/s1. The van der Waals surface area contributed by atoms with Crippen molar-refractivity contribution in [1.29, 1.82) is 0 Å². The Kier molecular flexibility index (Phi) is 4.16. The van der Waals surface area contributed by atoms with E-state index in [2.05, 4.69) is 5.32 Å². The summed E-state index contributed by atoms with van der Waals surface area (Å²) in [6.07, 6.45) is 2.68. The smallest absolute Gasteiger partial charge is 0.404 e. The van der Waals surface area contributed by atoms with Crippen molar-refractivity contribution in [3.8, 4) is 0 Å². The highest BCUT2D eigenvalue weighted by Gasteiger charge is 2.37. The largest absolute Gasteiger partial charge is 0.618 e. The Labute approximate surface area is 138 Å². The molecule has 0 radical (unpaired) electrons. The van der Waals surface area contributed by atoms with Crippen LogP contribution in [-0.2, 0) is 12.8 Å². The minimum atomic E-state index is -1.10. The third-order valence-electron chi connectivity index (χ3n) is 4.72. The Bertz CT molecular complexity index is 693. The highest BCUT2D eigenvalue weighted by Crippen LogP contribution is 2.38. The second-order valence-corrected chi connectivity index (χ2v) is 6.62. The number of nitrogens with one attached hydrogen (secondary N) is 1. The number of hydrogen-bond acceptors (Lipinski definition) is 5. The number of fused-ring (bicyclic) bond motifs is 1. The fourth-order valence-electron chi connectivity index (χ4n) is 3.93. The van der Waals surface area contributed by atoms with Crippen LogP contribution >= 0.6 is 0 Å². The fourth-order valence-corrected chi connectivity index (χ4v) is 3.93. The van der Waals surface area contributed by atoms with Crippen molar-refractivity contribution in [3.63, 3.8) is 0 Å². The molecule has 0 unspecified atom stereocenters. The Balaban J connectivity index is 2.03. The average molecular weight is 336 g/mol. The SMILES string of the molecule is C[C@@H]1C[C@H](NC(=O)O)CN(c2c([N+](=O)[O-])c[n+]([O-])c3c2CCC3)C1. The zero-order valence-electron chi connectivity index (χ0n) is 13.4. The average Bonchev–Trinajstić information content (AvgIpc) is 2.95. The van der Waals surface area contributed by atoms with E-state index in [1.165, 1.54) is 0 Å². The number of carboxylic acid groups (broad SMARTS) is 1. The molecular weight excluding hydrogens is 316 g/mol. The van der Waals surface area contributed by atoms with E-state index in [0.29, 0.717) is 48.5 Å². The van der Waals surface area contributed by atoms with Gasteiger partial charge in [-0.3, -0.25) is 10.1 Å². The predicted octanol–water partition coefficient (Wildman–Crippen LogP) is 1.20. The van der Waals surface area contributed by atoms with Gasteiger partial charge in [0.1, 0.15) is 5.69 Å². The van der Waals surface area contributed by atoms with Gasteiger partial charge in [0.2, 0.25) is 0 Å². The molecule has 2 aliphatic rings. The Morgan fingerprint density at radius 3 is 2.88 bits per heavy atom. The van der Waals surface area contributed by atoms with Crippen LogP contribution in [0.3, 0.4) is 0 Å². The van der Waals surface area contributed by atoms with Gasteiger partial charge >= 0.3 is 11.8 Å². The molecule has 2 N–H and O–H groups in total. The van der Waals surface area contributed by atoms with Gasteiger partial charge in [-0.1, -0.05) is 6.92 Å². The molecule has 2 heterocycles. The molecule has 0 saturated carbocycles. The molecule has 1 aliphatic carbocycles. The highest BCUT2D eigenvalue weighted by atomic mass is 16.6. The molecule has 2 atom stereocenters. The van der Waals surface area contributed by atoms with Crippen LogP contribution in [0, 0.1) is 21.2 Å². The van der Waals surface area contributed by atoms with Crippen molar-refractivity contribution in [1.82, 2.24) is 5.32 Å². The van der Waals surface area contributed by atoms with Crippen molar-refractivity contribution < 1.29 is 19.6 Å². The van der Waals surface area contributed by atoms with Crippen LogP contribution in [0.2, 0.25) is 0 Å². The summed E-state index contributed by atoms with van der Waals surface area (Å²) < 4.78 is 0.615. The van der Waals surface area contributed by atoms with E-state index in [-0.39, 0.29) is 17.6 Å². The number of hydrogen-bond donors (Lipinski definition) is 2. The number of pyridine rings is 1. The number of nitro groups is 1. The van der Waals surface area contributed by atoms with Crippen LogP contribution in [0.5, 0.6) is 0 Å². The first-order chi connectivity index (χ1) is 11.4. The van der Waals surface area contributed by atoms with Crippen molar-refractivity contribution in [3.05, 3.63) is 32.8 Å². The molecule has 1 saturated heterocycles. The lowest BCUT2D eigenvalue weighted by molar-refractivity contribution is -0.617. The van der Waals surface area contributed by atoms with Gasteiger partial charge in [0.15, 0.2) is 5.69 Å². The van der Waals surface area contributed by atoms with Crippen molar-refractivity contribution in [2.24, 2.45) is 5.92 Å². The van der Waals surface area contributed by atoms with Crippen molar-refractivity contribution in [2.75, 3.05) is 18.0 Å². The van der Waals surface area contributed by atoms with E-state index in [0.717, 1.165) is 18.2 Å². The fraction of sp³-hybridized carbons (Fsp3) is 0.600. The highest BCUT2D eigenvalue weighted by molar-refractivity contribution is 5.69. The number of nitrogens with zero attached hydrogens (tertiary/aromatic N) is 3. The maximum Gasteiger partial charge on any atom is 0.404 e. The second kappa shape index (κ2) is 6.14. The lowest BCUT2D eigenvalue weighted by Gasteiger charge is -2.38. The number of piperidine rings is 1. The topological polar surface area (TPSA) is 123 Å². The number of amides is 1. The molecule has 1 fully saturated rings. The van der Waals surface area contributed by atoms with Gasteiger partial charge in [-0.2, -0.15) is 4.73 Å². The summed E-state index contributed by atoms with van der Waals surface area (Å²) in [5, 5.41) is 35.0. The van der Waals surface area contributed by atoms with Crippen LogP contribution in [0.15, 0.2) is 6.20 Å². The molecule has 1 aromatic heterocycles. The summed E-state index contributed by atoms with van der Waals surface area (Å²) in [7, 11) is 0. The maximum atomic E-state index is 12.0. The van der Waals surface area contributed by atoms with E-state index in [9.17, 15) is 20.1 Å². The van der Waals surface area contributed by atoms with E-state index < -0.39 is 11.0 Å². The monoisotopic (exact) mass is 336 g/mol. The normalized spacial score (nSPS) is 23.0. The molecule has 0 bridgehead atoms. The second-order valence-electron chi connectivity index (χ2n) is 6.62. The molecule has 9 nitrogen and oxygen atoms in total. The minimum absolute atomic E-state index is 0.187. The molecule has 0 spiro atoms. The molecule has 1 aromatic rings. The van der Waals surface area contributed by atoms with Crippen LogP contribution in [0.25, 0.3) is 0 Å². The molecule has 0 aromatic carbocycles. The van der Waals surface area contributed by atoms with Crippen LogP contribution in [0.1, 0.15) is 31.0 Å². The summed E-state index contributed by atoms with van der Waals surface area (Å²) in [4.78, 5) is 23.8. The number of aromatic nitrogens is 1. The first kappa shape index (κ1) is 16.3. The third kappa shape index (κ3) is 2.93. The van der Waals surface area contributed by atoms with Gasteiger partial charge in [0.25, 0.3) is 6.20 Å². The molecule has 24 heavy (non-hydrogen) atoms. The summed E-state index contributed by atoms with van der Waals surface area (Å²) in [5.74, 6) is 0.187. The lowest BCUT2D eigenvalue weighted by Crippen LogP contribution is -2.50. The molecule has 3 rings (SSSR count). The van der Waals surface area contributed by atoms with Crippen molar-refractivity contribution in [2.45, 2.75) is 38.6 Å². The van der Waals surface area contributed by atoms with Crippen LogP contribution < -0.4 is 14.9 Å². The zero-order chi connectivity index (χ0) is 17.4.